The van der Waals surface area contributed by atoms with Crippen molar-refractivity contribution in [3.8, 4) is 0 Å². The molecule has 1 atom stereocenters. The van der Waals surface area contributed by atoms with Crippen LogP contribution in [0.2, 0.25) is 5.02 Å². The van der Waals surface area contributed by atoms with E-state index in [9.17, 15) is 9.18 Å². The van der Waals surface area contributed by atoms with Crippen LogP contribution in [0.5, 0.6) is 0 Å². The van der Waals surface area contributed by atoms with Gasteiger partial charge < -0.3 is 9.64 Å². The molecule has 1 heterocycles. The third kappa shape index (κ3) is 4.17. The minimum atomic E-state index is -0.509. The standard InChI is InChI=1S/C16H21ClFNO2/c1-21-10-4-6-13-5-2-3-9-19(13)16(20)14-11-12(17)7-8-15(14)18/h7-8,11,13H,2-6,9-10H2,1H3/t13-/m1/s1. The Morgan fingerprint density at radius 1 is 1.48 bits per heavy atom. The van der Waals surface area contributed by atoms with Crippen LogP contribution in [-0.2, 0) is 4.74 Å². The highest BCUT2D eigenvalue weighted by Crippen LogP contribution is 2.25. The van der Waals surface area contributed by atoms with Crippen LogP contribution in [0.1, 0.15) is 42.5 Å². The van der Waals surface area contributed by atoms with Crippen molar-refractivity contribution in [3.63, 3.8) is 0 Å². The van der Waals surface area contributed by atoms with Gasteiger partial charge in [0.15, 0.2) is 0 Å². The lowest BCUT2D eigenvalue weighted by atomic mass is 9.97. The van der Waals surface area contributed by atoms with Crippen molar-refractivity contribution in [2.24, 2.45) is 0 Å². The maximum absolute atomic E-state index is 13.9. The highest BCUT2D eigenvalue weighted by atomic mass is 35.5. The Bertz CT molecular complexity index is 495. The molecule has 1 aromatic rings. The lowest BCUT2D eigenvalue weighted by molar-refractivity contribution is 0.0580. The molecule has 0 N–H and O–H groups in total. The van der Waals surface area contributed by atoms with E-state index >= 15 is 0 Å². The predicted molar refractivity (Wildman–Crippen MR) is 81.2 cm³/mol. The van der Waals surface area contributed by atoms with Gasteiger partial charge >= 0.3 is 0 Å². The number of carbonyl (C=O) groups excluding carboxylic acids is 1. The Balaban J connectivity index is 2.12. The molecule has 0 aliphatic carbocycles. The minimum absolute atomic E-state index is 0.0705. The Morgan fingerprint density at radius 2 is 2.29 bits per heavy atom. The Kier molecular flexibility index (Phi) is 6.00. The van der Waals surface area contributed by atoms with Crippen molar-refractivity contribution < 1.29 is 13.9 Å². The number of benzene rings is 1. The van der Waals surface area contributed by atoms with Crippen molar-refractivity contribution in [1.82, 2.24) is 4.90 Å². The van der Waals surface area contributed by atoms with E-state index in [0.29, 0.717) is 18.2 Å². The van der Waals surface area contributed by atoms with Gasteiger partial charge in [-0.3, -0.25) is 4.79 Å². The summed E-state index contributed by atoms with van der Waals surface area (Å²) in [6.45, 7) is 1.37. The molecule has 21 heavy (non-hydrogen) atoms. The SMILES string of the molecule is COCCC[C@H]1CCCCN1C(=O)c1cc(Cl)ccc1F. The average molecular weight is 314 g/mol. The van der Waals surface area contributed by atoms with Gasteiger partial charge in [-0.05, 0) is 50.3 Å². The molecular weight excluding hydrogens is 293 g/mol. The third-order valence-corrected chi connectivity index (χ3v) is 4.17. The van der Waals surface area contributed by atoms with Crippen molar-refractivity contribution in [2.75, 3.05) is 20.3 Å². The number of hydrogen-bond acceptors (Lipinski definition) is 2. The van der Waals surface area contributed by atoms with Gasteiger partial charge in [-0.1, -0.05) is 11.6 Å². The second kappa shape index (κ2) is 7.76. The number of amides is 1. The number of rotatable bonds is 5. The van der Waals surface area contributed by atoms with Gasteiger partial charge in [0, 0.05) is 31.3 Å². The smallest absolute Gasteiger partial charge is 0.257 e. The van der Waals surface area contributed by atoms with Crippen LogP contribution < -0.4 is 0 Å². The van der Waals surface area contributed by atoms with Gasteiger partial charge in [0.2, 0.25) is 0 Å². The van der Waals surface area contributed by atoms with Crippen LogP contribution in [0.15, 0.2) is 18.2 Å². The average Bonchev–Trinajstić information content (AvgIpc) is 2.50. The Hall–Kier alpha value is -1.13. The van der Waals surface area contributed by atoms with Crippen LogP contribution in [0.25, 0.3) is 0 Å². The number of likely N-dealkylation sites (tertiary alicyclic amines) is 1. The van der Waals surface area contributed by atoms with Crippen molar-refractivity contribution in [1.29, 1.82) is 0 Å². The summed E-state index contributed by atoms with van der Waals surface area (Å²) in [6.07, 6.45) is 4.84. The maximum Gasteiger partial charge on any atom is 0.257 e. The van der Waals surface area contributed by atoms with E-state index in [2.05, 4.69) is 0 Å². The summed E-state index contributed by atoms with van der Waals surface area (Å²) in [5.74, 6) is -0.761. The van der Waals surface area contributed by atoms with E-state index < -0.39 is 5.82 Å². The number of ether oxygens (including phenoxy) is 1. The van der Waals surface area contributed by atoms with E-state index in [1.165, 1.54) is 18.2 Å². The first-order valence-electron chi connectivity index (χ1n) is 7.38. The third-order valence-electron chi connectivity index (χ3n) is 3.93. The zero-order valence-corrected chi connectivity index (χ0v) is 13.0. The Morgan fingerprint density at radius 3 is 3.05 bits per heavy atom. The summed E-state index contributed by atoms with van der Waals surface area (Å²) in [6, 6.07) is 4.29. The van der Waals surface area contributed by atoms with Crippen LogP contribution in [0.3, 0.4) is 0 Å². The topological polar surface area (TPSA) is 29.5 Å². The molecule has 1 aliphatic rings. The van der Waals surface area contributed by atoms with E-state index in [1.54, 1.807) is 12.0 Å². The maximum atomic E-state index is 13.9. The molecule has 3 nitrogen and oxygen atoms in total. The zero-order chi connectivity index (χ0) is 15.2. The molecule has 1 aliphatic heterocycles. The molecule has 0 radical (unpaired) electrons. The largest absolute Gasteiger partial charge is 0.385 e. The molecule has 0 saturated carbocycles. The minimum Gasteiger partial charge on any atom is -0.385 e. The second-order valence-electron chi connectivity index (χ2n) is 5.41. The zero-order valence-electron chi connectivity index (χ0n) is 12.3. The second-order valence-corrected chi connectivity index (χ2v) is 5.84. The highest BCUT2D eigenvalue weighted by molar-refractivity contribution is 6.31. The van der Waals surface area contributed by atoms with Crippen LogP contribution >= 0.6 is 11.6 Å². The van der Waals surface area contributed by atoms with Crippen molar-refractivity contribution in [2.45, 2.75) is 38.1 Å². The molecule has 1 aromatic carbocycles. The number of nitrogens with zero attached hydrogens (tertiary/aromatic N) is 1. The summed E-state index contributed by atoms with van der Waals surface area (Å²) in [5, 5.41) is 0.382. The fourth-order valence-corrected chi connectivity index (χ4v) is 3.02. The molecule has 0 unspecified atom stereocenters. The van der Waals surface area contributed by atoms with Gasteiger partial charge in [0.25, 0.3) is 5.91 Å². The number of carbonyl (C=O) groups is 1. The molecule has 0 spiro atoms. The van der Waals surface area contributed by atoms with Crippen LogP contribution in [0.4, 0.5) is 4.39 Å². The van der Waals surface area contributed by atoms with Crippen molar-refractivity contribution >= 4 is 17.5 Å². The number of piperidine rings is 1. The van der Waals surface area contributed by atoms with Gasteiger partial charge in [-0.15, -0.1) is 0 Å². The molecule has 2 rings (SSSR count). The lowest BCUT2D eigenvalue weighted by Crippen LogP contribution is -2.44. The van der Waals surface area contributed by atoms with E-state index in [-0.39, 0.29) is 17.5 Å². The number of hydrogen-bond donors (Lipinski definition) is 0. The summed E-state index contributed by atoms with van der Waals surface area (Å²) in [4.78, 5) is 14.4. The normalized spacial score (nSPS) is 18.8. The number of methoxy groups -OCH3 is 1. The van der Waals surface area contributed by atoms with Crippen LogP contribution in [-0.4, -0.2) is 37.1 Å². The molecular formula is C16H21ClFNO2. The summed E-state index contributed by atoms with van der Waals surface area (Å²) in [5.41, 5.74) is 0.0705. The van der Waals surface area contributed by atoms with E-state index in [0.717, 1.165) is 32.1 Å². The van der Waals surface area contributed by atoms with Gasteiger partial charge in [-0.2, -0.15) is 0 Å². The van der Waals surface area contributed by atoms with Crippen molar-refractivity contribution in [3.05, 3.63) is 34.6 Å². The van der Waals surface area contributed by atoms with Gasteiger partial charge in [0.1, 0.15) is 5.82 Å². The lowest BCUT2D eigenvalue weighted by Gasteiger charge is -2.36. The summed E-state index contributed by atoms with van der Waals surface area (Å²) in [7, 11) is 1.67. The fraction of sp³-hybridized carbons (Fsp3) is 0.562. The summed E-state index contributed by atoms with van der Waals surface area (Å²) >= 11 is 5.88. The molecule has 5 heteroatoms. The van der Waals surface area contributed by atoms with E-state index in [4.69, 9.17) is 16.3 Å². The fourth-order valence-electron chi connectivity index (χ4n) is 2.85. The molecule has 116 valence electrons. The molecule has 1 amide bonds. The summed E-state index contributed by atoms with van der Waals surface area (Å²) < 4.78 is 18.9. The first-order valence-corrected chi connectivity index (χ1v) is 7.76. The molecule has 0 bridgehead atoms. The quantitative estimate of drug-likeness (QED) is 0.772. The van der Waals surface area contributed by atoms with Crippen LogP contribution in [0, 0.1) is 5.82 Å². The first-order chi connectivity index (χ1) is 10.1. The van der Waals surface area contributed by atoms with E-state index in [1.807, 2.05) is 0 Å². The molecule has 1 saturated heterocycles. The Labute approximate surface area is 130 Å². The molecule has 0 aromatic heterocycles. The predicted octanol–water partition coefficient (Wildman–Crippen LogP) is 3.90. The first kappa shape index (κ1) is 16.2. The highest BCUT2D eigenvalue weighted by Gasteiger charge is 2.28. The van der Waals surface area contributed by atoms with Gasteiger partial charge in [-0.25, -0.2) is 4.39 Å². The molecule has 1 fully saturated rings. The monoisotopic (exact) mass is 313 g/mol. The number of halogens is 2. The van der Waals surface area contributed by atoms with Gasteiger partial charge in [0.05, 0.1) is 5.56 Å².